The summed E-state index contributed by atoms with van der Waals surface area (Å²) in [7, 11) is 0. The van der Waals surface area contributed by atoms with Gasteiger partial charge in [0, 0.05) is 6.42 Å². The van der Waals surface area contributed by atoms with Gasteiger partial charge in [-0.1, -0.05) is 24.3 Å². The van der Waals surface area contributed by atoms with Crippen LogP contribution in [0.15, 0.2) is 48.5 Å². The van der Waals surface area contributed by atoms with Crippen LogP contribution in [-0.4, -0.2) is 10.2 Å². The molecule has 2 rings (SSSR count). The molecular formula is C15H15FO2. The van der Waals surface area contributed by atoms with Gasteiger partial charge in [-0.05, 0) is 42.3 Å². The SMILES string of the molecule is CC(O)(Cc1ccc(F)cc1)c1ccc(O)cc1. The maximum atomic E-state index is 12.8. The molecule has 3 heteroatoms. The molecule has 0 aromatic heterocycles. The molecule has 0 spiro atoms. The number of rotatable bonds is 3. The smallest absolute Gasteiger partial charge is 0.123 e. The third kappa shape index (κ3) is 2.87. The first-order valence-corrected chi connectivity index (χ1v) is 5.74. The Morgan fingerprint density at radius 1 is 1.00 bits per heavy atom. The summed E-state index contributed by atoms with van der Waals surface area (Å²) in [6, 6.07) is 12.5. The van der Waals surface area contributed by atoms with E-state index in [1.54, 1.807) is 31.2 Å². The second-order valence-electron chi connectivity index (χ2n) is 4.62. The van der Waals surface area contributed by atoms with Crippen LogP contribution in [0.3, 0.4) is 0 Å². The highest BCUT2D eigenvalue weighted by Crippen LogP contribution is 2.26. The molecule has 0 aliphatic carbocycles. The quantitative estimate of drug-likeness (QED) is 0.874. The van der Waals surface area contributed by atoms with E-state index in [1.165, 1.54) is 24.3 Å². The van der Waals surface area contributed by atoms with E-state index < -0.39 is 5.60 Å². The Balaban J connectivity index is 2.20. The van der Waals surface area contributed by atoms with E-state index in [0.717, 1.165) is 5.56 Å². The Hall–Kier alpha value is -1.87. The Labute approximate surface area is 105 Å². The van der Waals surface area contributed by atoms with Crippen molar-refractivity contribution in [3.63, 3.8) is 0 Å². The van der Waals surface area contributed by atoms with Crippen LogP contribution in [0.25, 0.3) is 0 Å². The number of aromatic hydroxyl groups is 1. The number of hydrogen-bond donors (Lipinski definition) is 2. The van der Waals surface area contributed by atoms with Crippen molar-refractivity contribution in [2.45, 2.75) is 18.9 Å². The molecule has 0 amide bonds. The monoisotopic (exact) mass is 246 g/mol. The highest BCUT2D eigenvalue weighted by molar-refractivity contribution is 5.31. The first-order valence-electron chi connectivity index (χ1n) is 5.74. The Bertz CT molecular complexity index is 515. The minimum absolute atomic E-state index is 0.163. The van der Waals surface area contributed by atoms with Gasteiger partial charge in [-0.15, -0.1) is 0 Å². The zero-order chi connectivity index (χ0) is 13.2. The maximum absolute atomic E-state index is 12.8. The van der Waals surface area contributed by atoms with Crippen molar-refractivity contribution in [2.75, 3.05) is 0 Å². The lowest BCUT2D eigenvalue weighted by molar-refractivity contribution is 0.0576. The molecule has 18 heavy (non-hydrogen) atoms. The van der Waals surface area contributed by atoms with E-state index in [1.807, 2.05) is 0 Å². The van der Waals surface area contributed by atoms with Crippen LogP contribution in [0.5, 0.6) is 5.75 Å². The lowest BCUT2D eigenvalue weighted by Gasteiger charge is -2.24. The number of halogens is 1. The van der Waals surface area contributed by atoms with Crippen molar-refractivity contribution in [3.05, 3.63) is 65.5 Å². The summed E-state index contributed by atoms with van der Waals surface area (Å²) < 4.78 is 12.8. The van der Waals surface area contributed by atoms with E-state index in [-0.39, 0.29) is 11.6 Å². The van der Waals surface area contributed by atoms with Gasteiger partial charge in [0.2, 0.25) is 0 Å². The highest BCUT2D eigenvalue weighted by atomic mass is 19.1. The van der Waals surface area contributed by atoms with Crippen LogP contribution in [-0.2, 0) is 12.0 Å². The summed E-state index contributed by atoms with van der Waals surface area (Å²) in [5.74, 6) is -0.126. The van der Waals surface area contributed by atoms with E-state index >= 15 is 0 Å². The van der Waals surface area contributed by atoms with Gasteiger partial charge in [-0.2, -0.15) is 0 Å². The van der Waals surface area contributed by atoms with Crippen molar-refractivity contribution >= 4 is 0 Å². The fraction of sp³-hybridized carbons (Fsp3) is 0.200. The summed E-state index contributed by atoms with van der Waals surface area (Å²) in [6.45, 7) is 1.70. The molecule has 0 saturated heterocycles. The molecule has 0 radical (unpaired) electrons. The van der Waals surface area contributed by atoms with Gasteiger partial charge in [0.25, 0.3) is 0 Å². The van der Waals surface area contributed by atoms with Crippen molar-refractivity contribution in [2.24, 2.45) is 0 Å². The average Bonchev–Trinajstić information content (AvgIpc) is 2.32. The largest absolute Gasteiger partial charge is 0.508 e. The lowest BCUT2D eigenvalue weighted by atomic mass is 9.89. The van der Waals surface area contributed by atoms with Crippen molar-refractivity contribution in [1.82, 2.24) is 0 Å². The summed E-state index contributed by atoms with van der Waals surface area (Å²) in [6.07, 6.45) is 0.387. The number of benzene rings is 2. The van der Waals surface area contributed by atoms with E-state index in [4.69, 9.17) is 0 Å². The van der Waals surface area contributed by atoms with E-state index in [2.05, 4.69) is 0 Å². The molecule has 2 N–H and O–H groups in total. The van der Waals surface area contributed by atoms with Gasteiger partial charge in [0.05, 0.1) is 5.60 Å². The van der Waals surface area contributed by atoms with Gasteiger partial charge in [-0.3, -0.25) is 0 Å². The zero-order valence-electron chi connectivity index (χ0n) is 10.1. The molecule has 2 aromatic rings. The summed E-state index contributed by atoms with van der Waals surface area (Å²) in [5.41, 5.74) is 0.519. The fourth-order valence-electron chi connectivity index (χ4n) is 1.92. The summed E-state index contributed by atoms with van der Waals surface area (Å²) in [5, 5.41) is 19.6. The standard InChI is InChI=1S/C15H15FO2/c1-15(18,12-4-8-14(17)9-5-12)10-11-2-6-13(16)7-3-11/h2-9,17-18H,10H2,1H3. The number of phenols is 1. The van der Waals surface area contributed by atoms with E-state index in [9.17, 15) is 14.6 Å². The van der Waals surface area contributed by atoms with Gasteiger partial charge in [0.15, 0.2) is 0 Å². The normalized spacial score (nSPS) is 14.2. The Morgan fingerprint density at radius 3 is 2.11 bits per heavy atom. The van der Waals surface area contributed by atoms with Crippen LogP contribution < -0.4 is 0 Å². The van der Waals surface area contributed by atoms with Gasteiger partial charge >= 0.3 is 0 Å². The summed E-state index contributed by atoms with van der Waals surface area (Å²) in [4.78, 5) is 0. The van der Waals surface area contributed by atoms with Crippen molar-refractivity contribution in [1.29, 1.82) is 0 Å². The topological polar surface area (TPSA) is 40.5 Å². The molecule has 1 unspecified atom stereocenters. The molecule has 2 aromatic carbocycles. The molecule has 0 heterocycles. The molecule has 0 saturated carbocycles. The number of aliphatic hydroxyl groups is 1. The minimum Gasteiger partial charge on any atom is -0.508 e. The molecule has 0 bridgehead atoms. The predicted molar refractivity (Wildman–Crippen MR) is 67.8 cm³/mol. The van der Waals surface area contributed by atoms with E-state index in [0.29, 0.717) is 12.0 Å². The molecule has 0 aliphatic rings. The zero-order valence-corrected chi connectivity index (χ0v) is 10.1. The maximum Gasteiger partial charge on any atom is 0.123 e. The van der Waals surface area contributed by atoms with Crippen LogP contribution in [0.4, 0.5) is 4.39 Å². The third-order valence-electron chi connectivity index (χ3n) is 2.95. The van der Waals surface area contributed by atoms with Gasteiger partial charge in [-0.25, -0.2) is 4.39 Å². The molecule has 94 valence electrons. The van der Waals surface area contributed by atoms with Crippen LogP contribution >= 0.6 is 0 Å². The van der Waals surface area contributed by atoms with Crippen LogP contribution in [0.2, 0.25) is 0 Å². The molecule has 2 nitrogen and oxygen atoms in total. The number of phenolic OH excluding ortho intramolecular Hbond substituents is 1. The number of hydrogen-bond acceptors (Lipinski definition) is 2. The van der Waals surface area contributed by atoms with Crippen LogP contribution in [0, 0.1) is 5.82 Å². The minimum atomic E-state index is -1.05. The molecule has 0 fully saturated rings. The van der Waals surface area contributed by atoms with Crippen molar-refractivity contribution in [3.8, 4) is 5.75 Å². The molecule has 0 aliphatic heterocycles. The molecule has 1 atom stereocenters. The van der Waals surface area contributed by atoms with Gasteiger partial charge in [0.1, 0.15) is 11.6 Å². The lowest BCUT2D eigenvalue weighted by Crippen LogP contribution is -2.24. The first kappa shape index (κ1) is 12.6. The highest BCUT2D eigenvalue weighted by Gasteiger charge is 2.23. The average molecular weight is 246 g/mol. The first-order chi connectivity index (χ1) is 8.47. The molecular weight excluding hydrogens is 231 g/mol. The van der Waals surface area contributed by atoms with Crippen molar-refractivity contribution < 1.29 is 14.6 Å². The predicted octanol–water partition coefficient (Wildman–Crippen LogP) is 2.98. The van der Waals surface area contributed by atoms with Crippen LogP contribution in [0.1, 0.15) is 18.1 Å². The Kier molecular flexibility index (Phi) is 3.34. The second-order valence-corrected chi connectivity index (χ2v) is 4.62. The van der Waals surface area contributed by atoms with Gasteiger partial charge < -0.3 is 10.2 Å². The Morgan fingerprint density at radius 2 is 1.56 bits per heavy atom. The summed E-state index contributed by atoms with van der Waals surface area (Å²) >= 11 is 0. The third-order valence-corrected chi connectivity index (χ3v) is 2.95. The second kappa shape index (κ2) is 4.78. The fourth-order valence-corrected chi connectivity index (χ4v) is 1.92.